The number of aromatic nitrogens is 1. The highest BCUT2D eigenvalue weighted by Gasteiger charge is 2.38. The molecule has 2 N–H and O–H groups in total. The number of rotatable bonds is 7. The number of Topliss-reactive ketones (excluding diaryl/α,β-unsaturated/α-hetero) is 1. The van der Waals surface area contributed by atoms with Crippen molar-refractivity contribution >= 4 is 61.8 Å². The lowest BCUT2D eigenvalue weighted by Gasteiger charge is -2.26. The number of nitrogens with zero attached hydrogens (tertiary/aromatic N) is 3. The number of benzene rings is 3. The van der Waals surface area contributed by atoms with Crippen LogP contribution in [-0.2, 0) is 16.1 Å². The molecule has 0 bridgehead atoms. The number of ketones is 1. The van der Waals surface area contributed by atoms with Crippen LogP contribution in [0.3, 0.4) is 0 Å². The number of amides is 3. The van der Waals surface area contributed by atoms with Gasteiger partial charge in [0.1, 0.15) is 11.7 Å². The van der Waals surface area contributed by atoms with E-state index < -0.39 is 18.0 Å². The molecule has 3 amide bonds. The molecule has 0 fully saturated rings. The van der Waals surface area contributed by atoms with Crippen LogP contribution < -0.4 is 20.4 Å². The monoisotopic (exact) mass is 617 g/mol. The normalized spacial score (nSPS) is 15.8. The van der Waals surface area contributed by atoms with Crippen LogP contribution in [0.25, 0.3) is 11.0 Å². The number of para-hydroxylation sites is 2. The van der Waals surface area contributed by atoms with Crippen molar-refractivity contribution in [1.29, 1.82) is 0 Å². The number of anilines is 2. The van der Waals surface area contributed by atoms with E-state index >= 15 is 0 Å². The predicted octanol–water partition coefficient (Wildman–Crippen LogP) is 4.08. The average Bonchev–Trinajstić information content (AvgIpc) is 3.33. The van der Waals surface area contributed by atoms with Crippen LogP contribution in [0, 0.1) is 0 Å². The van der Waals surface area contributed by atoms with Crippen LogP contribution in [-0.4, -0.2) is 54.3 Å². The first-order valence-corrected chi connectivity index (χ1v) is 13.8. The smallest absolute Gasteiger partial charge is 0.258 e. The second kappa shape index (κ2) is 11.6. The predicted molar refractivity (Wildman–Crippen MR) is 158 cm³/mol. The molecule has 0 saturated carbocycles. The van der Waals surface area contributed by atoms with Gasteiger partial charge in [0, 0.05) is 21.0 Å². The molecule has 0 spiro atoms. The summed E-state index contributed by atoms with van der Waals surface area (Å²) in [5.41, 5.74) is 2.89. The average molecular weight is 618 g/mol. The third kappa shape index (κ3) is 5.63. The summed E-state index contributed by atoms with van der Waals surface area (Å²) in [6, 6.07) is 17.3. The Morgan fingerprint density at radius 1 is 1.05 bits per heavy atom. The molecule has 2 atom stereocenters. The first-order valence-electron chi connectivity index (χ1n) is 13.0. The zero-order valence-electron chi connectivity index (χ0n) is 22.7. The molecule has 10 nitrogen and oxygen atoms in total. The zero-order chi connectivity index (χ0) is 29.3. The highest BCUT2D eigenvalue weighted by atomic mass is 79.9. The zero-order valence-corrected chi connectivity index (χ0v) is 24.3. The molecular weight excluding hydrogens is 590 g/mol. The second-order valence-corrected chi connectivity index (χ2v) is 10.7. The molecule has 0 radical (unpaired) electrons. The van der Waals surface area contributed by atoms with Gasteiger partial charge in [-0.15, -0.1) is 0 Å². The van der Waals surface area contributed by atoms with Gasteiger partial charge < -0.3 is 25.0 Å². The minimum atomic E-state index is -1.06. The Morgan fingerprint density at radius 2 is 1.73 bits per heavy atom. The van der Waals surface area contributed by atoms with Crippen LogP contribution in [0.1, 0.15) is 40.3 Å². The van der Waals surface area contributed by atoms with Crippen LogP contribution >= 0.6 is 15.9 Å². The van der Waals surface area contributed by atoms with Crippen LogP contribution in [0.2, 0.25) is 0 Å². The van der Waals surface area contributed by atoms with Gasteiger partial charge in [-0.1, -0.05) is 45.4 Å². The third-order valence-electron chi connectivity index (χ3n) is 7.14. The molecule has 11 heteroatoms. The van der Waals surface area contributed by atoms with E-state index in [1.807, 2.05) is 12.1 Å². The van der Waals surface area contributed by atoms with Crippen molar-refractivity contribution in [2.24, 2.45) is 0 Å². The Morgan fingerprint density at radius 3 is 2.41 bits per heavy atom. The van der Waals surface area contributed by atoms with Gasteiger partial charge in [-0.3, -0.25) is 19.2 Å². The van der Waals surface area contributed by atoms with Gasteiger partial charge in [0.2, 0.25) is 5.91 Å². The van der Waals surface area contributed by atoms with E-state index in [2.05, 4.69) is 31.7 Å². The van der Waals surface area contributed by atoms with Crippen LogP contribution in [0.15, 0.2) is 75.7 Å². The number of hydrogen-bond acceptors (Lipinski definition) is 7. The number of hydrogen-bond donors (Lipinski definition) is 2. The Balaban J connectivity index is 1.59. The first kappa shape index (κ1) is 28.2. The largest absolute Gasteiger partial charge is 0.356 e. The van der Waals surface area contributed by atoms with Crippen molar-refractivity contribution in [3.05, 3.63) is 88.0 Å². The fourth-order valence-corrected chi connectivity index (χ4v) is 5.05. The lowest BCUT2D eigenvalue weighted by molar-refractivity contribution is -0.128. The number of carbonyl (C=O) groups is 4. The van der Waals surface area contributed by atoms with Gasteiger partial charge in [0.05, 0.1) is 30.5 Å². The Bertz CT molecular complexity index is 1650. The van der Waals surface area contributed by atoms with Gasteiger partial charge in [-0.05, 0) is 63.4 Å². The van der Waals surface area contributed by atoms with Crippen molar-refractivity contribution < 1.29 is 23.7 Å². The summed E-state index contributed by atoms with van der Waals surface area (Å²) in [6.45, 7) is 3.09. The number of nitrogens with one attached hydrogen (secondary N) is 2. The Hall–Kier alpha value is -4.35. The van der Waals surface area contributed by atoms with E-state index in [0.717, 1.165) is 9.86 Å². The summed E-state index contributed by atoms with van der Waals surface area (Å²) in [5.74, 6) is -1.27. The maximum Gasteiger partial charge on any atom is 0.258 e. The second-order valence-electron chi connectivity index (χ2n) is 9.80. The van der Waals surface area contributed by atoms with Gasteiger partial charge in [0.15, 0.2) is 11.4 Å². The third-order valence-corrected chi connectivity index (χ3v) is 7.63. The molecule has 1 aromatic heterocycles. The van der Waals surface area contributed by atoms with Crippen molar-refractivity contribution in [3.8, 4) is 0 Å². The molecular formula is C30H28BrN5O5. The molecule has 0 saturated heterocycles. The lowest BCUT2D eigenvalue weighted by Crippen LogP contribution is -2.55. The molecule has 0 aliphatic carbocycles. The molecule has 1 aliphatic rings. The molecule has 0 unspecified atom stereocenters. The van der Waals surface area contributed by atoms with E-state index in [4.69, 9.17) is 4.52 Å². The van der Waals surface area contributed by atoms with Crippen molar-refractivity contribution in [1.82, 2.24) is 15.8 Å². The highest BCUT2D eigenvalue weighted by molar-refractivity contribution is 9.10. The lowest BCUT2D eigenvalue weighted by atomic mass is 10.1. The Kier molecular flexibility index (Phi) is 8.00. The first-order chi connectivity index (χ1) is 19.7. The molecule has 5 rings (SSSR count). The summed E-state index contributed by atoms with van der Waals surface area (Å²) >= 11 is 3.43. The summed E-state index contributed by atoms with van der Waals surface area (Å²) in [5, 5.41) is 10.7. The van der Waals surface area contributed by atoms with E-state index in [1.165, 1.54) is 16.7 Å². The quantitative estimate of drug-likeness (QED) is 0.299. The summed E-state index contributed by atoms with van der Waals surface area (Å²) in [4.78, 5) is 55.8. The van der Waals surface area contributed by atoms with Crippen LogP contribution in [0.5, 0.6) is 0 Å². The van der Waals surface area contributed by atoms with Gasteiger partial charge in [-0.2, -0.15) is 0 Å². The SMILES string of the molecule is CN[C@@H](C)C(=O)N[C@H]1CN(C(=O)c2ccc(C(C)=O)cc2)c2ccccc2N(Cc2noc3cc(Br)ccc23)C1=O. The maximum atomic E-state index is 14.1. The summed E-state index contributed by atoms with van der Waals surface area (Å²) in [7, 11) is 1.65. The Labute approximate surface area is 244 Å². The topological polar surface area (TPSA) is 125 Å². The standard InChI is InChI=1S/C30H28BrN5O5/c1-17(32-3)28(38)33-24-16-35(29(39)20-10-8-19(9-11-20)18(2)37)25-6-4-5-7-26(25)36(30(24)40)15-23-22-13-12-21(31)14-27(22)41-34-23/h4-14,17,24,32H,15-16H2,1-3H3,(H,33,38)/t17-,24-/m0/s1. The van der Waals surface area contributed by atoms with Gasteiger partial charge >= 0.3 is 0 Å². The van der Waals surface area contributed by atoms with Crippen molar-refractivity contribution in [2.45, 2.75) is 32.5 Å². The van der Waals surface area contributed by atoms with E-state index in [-0.39, 0.29) is 30.7 Å². The van der Waals surface area contributed by atoms with Crippen molar-refractivity contribution in [2.75, 3.05) is 23.4 Å². The van der Waals surface area contributed by atoms with Gasteiger partial charge in [0.25, 0.3) is 11.8 Å². The summed E-state index contributed by atoms with van der Waals surface area (Å²) < 4.78 is 6.35. The van der Waals surface area contributed by atoms with Gasteiger partial charge in [-0.25, -0.2) is 0 Å². The molecule has 3 aromatic carbocycles. The fourth-order valence-electron chi connectivity index (χ4n) is 4.71. The molecule has 210 valence electrons. The van der Waals surface area contributed by atoms with E-state index in [0.29, 0.717) is 33.8 Å². The van der Waals surface area contributed by atoms with E-state index in [1.54, 1.807) is 68.6 Å². The number of halogens is 1. The molecule has 41 heavy (non-hydrogen) atoms. The van der Waals surface area contributed by atoms with Crippen molar-refractivity contribution in [3.63, 3.8) is 0 Å². The van der Waals surface area contributed by atoms with E-state index in [9.17, 15) is 19.2 Å². The number of carbonyl (C=O) groups excluding carboxylic acids is 4. The number of likely N-dealkylation sites (N-methyl/N-ethyl adjacent to an activating group) is 1. The highest BCUT2D eigenvalue weighted by Crippen LogP contribution is 2.36. The fraction of sp³-hybridized carbons (Fsp3) is 0.233. The molecule has 1 aliphatic heterocycles. The minimum absolute atomic E-state index is 0.0494. The minimum Gasteiger partial charge on any atom is -0.356 e. The van der Waals surface area contributed by atoms with Crippen LogP contribution in [0.4, 0.5) is 11.4 Å². The number of fused-ring (bicyclic) bond motifs is 2. The molecule has 4 aromatic rings. The maximum absolute atomic E-state index is 14.1. The summed E-state index contributed by atoms with van der Waals surface area (Å²) in [6.07, 6.45) is 0. The molecule has 2 heterocycles.